The molecule has 1 aliphatic carbocycles. The average Bonchev–Trinajstić information content (AvgIpc) is 3.02. The standard InChI is InChI=1S/C23H26N4O4/c28-19(16-27-21(29)23(26-22(27)30)11-5-2-6-12-23)17-9-10-20(25-15-17)31-14-13-24-18-7-3-1-4-8-18/h1,3-4,7-10,15,24H,2,5-6,11-14,16H2,(H,26,30). The number of amides is 3. The number of pyridine rings is 1. The summed E-state index contributed by atoms with van der Waals surface area (Å²) in [7, 11) is 0. The fourth-order valence-electron chi connectivity index (χ4n) is 4.09. The first-order valence-corrected chi connectivity index (χ1v) is 10.6. The number of urea groups is 1. The van der Waals surface area contributed by atoms with Crippen LogP contribution in [0.1, 0.15) is 42.5 Å². The van der Waals surface area contributed by atoms with Crippen molar-refractivity contribution >= 4 is 23.4 Å². The molecule has 0 radical (unpaired) electrons. The maximum Gasteiger partial charge on any atom is 0.325 e. The molecule has 1 aromatic carbocycles. The van der Waals surface area contributed by atoms with Gasteiger partial charge in [0.15, 0.2) is 5.78 Å². The molecule has 0 unspecified atom stereocenters. The number of nitrogens with one attached hydrogen (secondary N) is 2. The molecule has 31 heavy (non-hydrogen) atoms. The highest BCUT2D eigenvalue weighted by Crippen LogP contribution is 2.33. The molecule has 162 valence electrons. The molecule has 8 heteroatoms. The Hall–Kier alpha value is -3.42. The minimum atomic E-state index is -0.820. The van der Waals surface area contributed by atoms with Crippen LogP contribution >= 0.6 is 0 Å². The summed E-state index contributed by atoms with van der Waals surface area (Å²) in [6.45, 7) is 0.745. The number of hydrogen-bond acceptors (Lipinski definition) is 6. The van der Waals surface area contributed by atoms with Crippen LogP contribution in [0.3, 0.4) is 0 Å². The van der Waals surface area contributed by atoms with Gasteiger partial charge in [-0.3, -0.25) is 14.5 Å². The Labute approximate surface area is 181 Å². The van der Waals surface area contributed by atoms with Gasteiger partial charge in [-0.1, -0.05) is 37.5 Å². The molecule has 2 fully saturated rings. The van der Waals surface area contributed by atoms with Crippen molar-refractivity contribution in [1.82, 2.24) is 15.2 Å². The third kappa shape index (κ3) is 4.68. The summed E-state index contributed by atoms with van der Waals surface area (Å²) in [5.41, 5.74) is 0.523. The van der Waals surface area contributed by atoms with Crippen molar-refractivity contribution in [2.75, 3.05) is 25.0 Å². The molecule has 2 N–H and O–H groups in total. The van der Waals surface area contributed by atoms with Crippen molar-refractivity contribution in [2.45, 2.75) is 37.6 Å². The number of hydrogen-bond donors (Lipinski definition) is 2. The van der Waals surface area contributed by atoms with E-state index in [1.165, 1.54) is 6.20 Å². The van der Waals surface area contributed by atoms with Crippen LogP contribution in [0, 0.1) is 0 Å². The first-order chi connectivity index (χ1) is 15.1. The van der Waals surface area contributed by atoms with Gasteiger partial charge in [0.1, 0.15) is 12.1 Å². The molecular weight excluding hydrogens is 396 g/mol. The lowest BCUT2D eigenvalue weighted by Crippen LogP contribution is -2.48. The number of carbonyl (C=O) groups is 3. The molecule has 1 spiro atoms. The molecule has 3 amide bonds. The predicted molar refractivity (Wildman–Crippen MR) is 115 cm³/mol. The van der Waals surface area contributed by atoms with Gasteiger partial charge < -0.3 is 15.4 Å². The Morgan fingerprint density at radius 1 is 1.10 bits per heavy atom. The molecule has 2 aliphatic rings. The maximum atomic E-state index is 12.8. The minimum Gasteiger partial charge on any atom is -0.476 e. The third-order valence-corrected chi connectivity index (χ3v) is 5.77. The zero-order chi connectivity index (χ0) is 21.7. The van der Waals surface area contributed by atoms with E-state index in [1.807, 2.05) is 30.3 Å². The number of ketones is 1. The molecule has 1 saturated carbocycles. The number of rotatable bonds is 8. The number of anilines is 1. The highest BCUT2D eigenvalue weighted by Gasteiger charge is 2.51. The summed E-state index contributed by atoms with van der Waals surface area (Å²) in [5.74, 6) is -0.215. The summed E-state index contributed by atoms with van der Waals surface area (Å²) >= 11 is 0. The number of nitrogens with zero attached hydrogens (tertiary/aromatic N) is 2. The summed E-state index contributed by atoms with van der Waals surface area (Å²) in [6.07, 6.45) is 5.55. The van der Waals surface area contributed by atoms with Crippen molar-refractivity contribution in [2.24, 2.45) is 0 Å². The van der Waals surface area contributed by atoms with Crippen molar-refractivity contribution in [3.8, 4) is 5.88 Å². The minimum absolute atomic E-state index is 0.282. The zero-order valence-electron chi connectivity index (χ0n) is 17.3. The molecular formula is C23H26N4O4. The van der Waals surface area contributed by atoms with Gasteiger partial charge in [-0.25, -0.2) is 9.78 Å². The average molecular weight is 422 g/mol. The number of aromatic nitrogens is 1. The van der Waals surface area contributed by atoms with E-state index in [4.69, 9.17) is 4.74 Å². The zero-order valence-corrected chi connectivity index (χ0v) is 17.3. The quantitative estimate of drug-likeness (QED) is 0.385. The Balaban J connectivity index is 1.28. The van der Waals surface area contributed by atoms with E-state index in [1.54, 1.807) is 12.1 Å². The van der Waals surface area contributed by atoms with Gasteiger partial charge >= 0.3 is 6.03 Å². The van der Waals surface area contributed by atoms with Crippen molar-refractivity contribution in [3.63, 3.8) is 0 Å². The topological polar surface area (TPSA) is 101 Å². The van der Waals surface area contributed by atoms with E-state index >= 15 is 0 Å². The van der Waals surface area contributed by atoms with Crippen LogP contribution in [0.4, 0.5) is 10.5 Å². The molecule has 1 aromatic heterocycles. The molecule has 2 heterocycles. The summed E-state index contributed by atoms with van der Waals surface area (Å²) in [4.78, 5) is 43.0. The van der Waals surface area contributed by atoms with Gasteiger partial charge in [0.05, 0.1) is 6.54 Å². The number of ether oxygens (including phenoxy) is 1. The molecule has 0 atom stereocenters. The normalized spacial score (nSPS) is 17.5. The number of para-hydroxylation sites is 1. The summed E-state index contributed by atoms with van der Waals surface area (Å²) in [5, 5.41) is 6.05. The maximum absolute atomic E-state index is 12.8. The van der Waals surface area contributed by atoms with E-state index in [-0.39, 0.29) is 18.2 Å². The van der Waals surface area contributed by atoms with E-state index in [0.717, 1.165) is 29.8 Å². The van der Waals surface area contributed by atoms with E-state index in [0.29, 0.717) is 37.4 Å². The highest BCUT2D eigenvalue weighted by molar-refractivity contribution is 6.11. The monoisotopic (exact) mass is 422 g/mol. The number of imide groups is 1. The van der Waals surface area contributed by atoms with Crippen LogP contribution in [0.2, 0.25) is 0 Å². The lowest BCUT2D eigenvalue weighted by atomic mass is 9.82. The molecule has 1 aliphatic heterocycles. The largest absolute Gasteiger partial charge is 0.476 e. The summed E-state index contributed by atoms with van der Waals surface area (Å²) < 4.78 is 5.59. The first kappa shape index (κ1) is 20.8. The van der Waals surface area contributed by atoms with Gasteiger partial charge in [-0.2, -0.15) is 0 Å². The van der Waals surface area contributed by atoms with E-state index in [9.17, 15) is 14.4 Å². The van der Waals surface area contributed by atoms with Crippen LogP contribution in [0.25, 0.3) is 0 Å². The van der Waals surface area contributed by atoms with Crippen LogP contribution < -0.4 is 15.4 Å². The molecule has 8 nitrogen and oxygen atoms in total. The van der Waals surface area contributed by atoms with E-state index < -0.39 is 11.6 Å². The molecule has 4 rings (SSSR count). The second kappa shape index (κ2) is 9.16. The first-order valence-electron chi connectivity index (χ1n) is 10.6. The third-order valence-electron chi connectivity index (χ3n) is 5.77. The molecule has 1 saturated heterocycles. The summed E-state index contributed by atoms with van der Waals surface area (Å²) in [6, 6.07) is 12.5. The SMILES string of the molecule is O=C(CN1C(=O)NC2(CCCCC2)C1=O)c1ccc(OCCNc2ccccc2)nc1. The Morgan fingerprint density at radius 3 is 2.58 bits per heavy atom. The van der Waals surface area contributed by atoms with Gasteiger partial charge in [-0.05, 0) is 31.0 Å². The molecule has 0 bridgehead atoms. The Bertz CT molecular complexity index is 940. The fourth-order valence-corrected chi connectivity index (χ4v) is 4.09. The fraction of sp³-hybridized carbons (Fsp3) is 0.391. The predicted octanol–water partition coefficient (Wildman–Crippen LogP) is 3.01. The van der Waals surface area contributed by atoms with Crippen molar-refractivity contribution in [1.29, 1.82) is 0 Å². The smallest absolute Gasteiger partial charge is 0.325 e. The van der Waals surface area contributed by atoms with Crippen molar-refractivity contribution in [3.05, 3.63) is 54.2 Å². The van der Waals surface area contributed by atoms with Gasteiger partial charge in [0, 0.05) is 30.1 Å². The van der Waals surface area contributed by atoms with E-state index in [2.05, 4.69) is 15.6 Å². The van der Waals surface area contributed by atoms with Gasteiger partial charge in [0.2, 0.25) is 5.88 Å². The molecule has 2 aromatic rings. The van der Waals surface area contributed by atoms with Crippen molar-refractivity contribution < 1.29 is 19.1 Å². The van der Waals surface area contributed by atoms with Gasteiger partial charge in [-0.15, -0.1) is 0 Å². The number of Topliss-reactive ketones (excluding diaryl/α,β-unsaturated/α-hetero) is 1. The number of benzene rings is 1. The lowest BCUT2D eigenvalue weighted by molar-refractivity contribution is -0.132. The van der Waals surface area contributed by atoms with Crippen LogP contribution in [-0.2, 0) is 4.79 Å². The van der Waals surface area contributed by atoms with Crippen LogP contribution in [0.5, 0.6) is 5.88 Å². The second-order valence-corrected chi connectivity index (χ2v) is 7.91. The highest BCUT2D eigenvalue weighted by atomic mass is 16.5. The second-order valence-electron chi connectivity index (χ2n) is 7.91. The van der Waals surface area contributed by atoms with Gasteiger partial charge in [0.25, 0.3) is 5.91 Å². The van der Waals surface area contributed by atoms with Crippen LogP contribution in [-0.4, -0.2) is 52.8 Å². The van der Waals surface area contributed by atoms with Crippen LogP contribution in [0.15, 0.2) is 48.7 Å². The Morgan fingerprint density at radius 2 is 1.87 bits per heavy atom. The Kier molecular flexibility index (Phi) is 6.16. The number of carbonyl (C=O) groups excluding carboxylic acids is 3. The lowest BCUT2D eigenvalue weighted by Gasteiger charge is -2.30.